The van der Waals surface area contributed by atoms with Crippen molar-refractivity contribution in [2.45, 2.75) is 182 Å². The van der Waals surface area contributed by atoms with Gasteiger partial charge in [-0.3, -0.25) is 9.37 Å². The van der Waals surface area contributed by atoms with Gasteiger partial charge in [0.2, 0.25) is 0 Å². The summed E-state index contributed by atoms with van der Waals surface area (Å²) in [5.74, 6) is 0.899. The standard InChI is InChI=1S/C44H72N6O2/c1-5-9-11-13-15-17-19-21-23-25-27-29-35-49(7-3)39-33-31-37(45-47-39)41-43(51)42(44(41)52)38-32-34-40(48-46-38)50(8-4)36-30-28-26-24-22-20-18-16-14-12-10-6-2/h31-34H,5-30,35-36H2,1-4H3. The van der Waals surface area contributed by atoms with E-state index in [2.05, 4.69) is 57.6 Å². The van der Waals surface area contributed by atoms with Crippen molar-refractivity contribution >= 4 is 23.0 Å². The molecule has 1 aromatic rings. The van der Waals surface area contributed by atoms with Crippen LogP contribution in [0.3, 0.4) is 0 Å². The molecule has 3 rings (SSSR count). The van der Waals surface area contributed by atoms with Crippen LogP contribution in [0.1, 0.15) is 187 Å². The molecule has 290 valence electrons. The molecular formula is C44H72N6O2. The van der Waals surface area contributed by atoms with E-state index in [0.717, 1.165) is 50.7 Å². The molecular weight excluding hydrogens is 645 g/mol. The van der Waals surface area contributed by atoms with Crippen LogP contribution in [0, 0.1) is 0 Å². The Kier molecular flexibility index (Phi) is 22.1. The van der Waals surface area contributed by atoms with Crippen LogP contribution in [0.2, 0.25) is 0 Å². The molecule has 2 heterocycles. The summed E-state index contributed by atoms with van der Waals surface area (Å²) < 4.78 is 2.22. The number of allylic oxidation sites excluding steroid dienone is 3. The van der Waals surface area contributed by atoms with E-state index in [1.54, 1.807) is 12.1 Å². The summed E-state index contributed by atoms with van der Waals surface area (Å²) in [5.41, 5.74) is 0.832. The summed E-state index contributed by atoms with van der Waals surface area (Å²) >= 11 is 0. The Morgan fingerprint density at radius 3 is 1.54 bits per heavy atom. The molecule has 1 aromatic heterocycles. The highest BCUT2D eigenvalue weighted by Crippen LogP contribution is 2.36. The number of anilines is 1. The second-order valence-corrected chi connectivity index (χ2v) is 14.9. The molecule has 0 saturated carbocycles. The van der Waals surface area contributed by atoms with Crippen LogP contribution < -0.4 is 10.0 Å². The number of carbonyl (C=O) groups excluding carboxylic acids is 1. The lowest BCUT2D eigenvalue weighted by Crippen LogP contribution is -2.31. The topological polar surface area (TPSA) is 96.9 Å². The highest BCUT2D eigenvalue weighted by molar-refractivity contribution is 6.38. The molecule has 0 radical (unpaired) electrons. The number of unbranched alkanes of at least 4 members (excludes halogenated alkanes) is 22. The van der Waals surface area contributed by atoms with Crippen LogP contribution in [0.15, 0.2) is 51.5 Å². The second kappa shape index (κ2) is 26.6. The van der Waals surface area contributed by atoms with Gasteiger partial charge in [0.05, 0.1) is 23.9 Å². The summed E-state index contributed by atoms with van der Waals surface area (Å²) in [4.78, 5) is 15.4. The minimum atomic E-state index is -0.332. The highest BCUT2D eigenvalue weighted by Gasteiger charge is 2.33. The number of hydrogen-bond acceptors (Lipinski definition) is 6. The molecule has 0 atom stereocenters. The third-order valence-corrected chi connectivity index (χ3v) is 10.7. The first-order valence-corrected chi connectivity index (χ1v) is 21.6. The van der Waals surface area contributed by atoms with Crippen molar-refractivity contribution in [3.63, 3.8) is 0 Å². The third-order valence-electron chi connectivity index (χ3n) is 10.7. The first-order chi connectivity index (χ1) is 25.5. The molecule has 0 amide bonds. The van der Waals surface area contributed by atoms with Gasteiger partial charge in [-0.1, -0.05) is 154 Å². The number of rotatable bonds is 30. The SMILES string of the molecule is CCCCCCCCCCCCCCN(CC)c1ccc(C2=C([O-])/C(=C3/C=CC(=[N+](CC)CCCCCCCCCCCCCC)N=N3)C2=O)nn1. The van der Waals surface area contributed by atoms with Crippen molar-refractivity contribution in [2.75, 3.05) is 31.1 Å². The Balaban J connectivity index is 1.40. The van der Waals surface area contributed by atoms with E-state index in [-0.39, 0.29) is 22.7 Å². The van der Waals surface area contributed by atoms with E-state index in [1.165, 1.54) is 141 Å². The Hall–Kier alpha value is -3.16. The molecule has 0 bridgehead atoms. The van der Waals surface area contributed by atoms with Gasteiger partial charge in [0, 0.05) is 30.3 Å². The maximum absolute atomic E-state index is 13.2. The first-order valence-electron chi connectivity index (χ1n) is 21.6. The number of carbonyl (C=O) groups is 1. The summed E-state index contributed by atoms with van der Waals surface area (Å²) in [5, 5.41) is 30.6. The van der Waals surface area contributed by atoms with Gasteiger partial charge in [0.25, 0.3) is 0 Å². The van der Waals surface area contributed by atoms with Crippen molar-refractivity contribution in [1.82, 2.24) is 10.2 Å². The normalized spacial score (nSPS) is 16.6. The Morgan fingerprint density at radius 1 is 0.596 bits per heavy atom. The molecule has 0 N–H and O–H groups in total. The summed E-state index contributed by atoms with van der Waals surface area (Å²) in [7, 11) is 0. The fourth-order valence-corrected chi connectivity index (χ4v) is 7.27. The molecule has 8 nitrogen and oxygen atoms in total. The lowest BCUT2D eigenvalue weighted by atomic mass is 9.84. The molecule has 0 unspecified atom stereocenters. The largest absolute Gasteiger partial charge is 0.871 e. The maximum atomic E-state index is 13.2. The van der Waals surface area contributed by atoms with Gasteiger partial charge in [-0.15, -0.1) is 10.2 Å². The van der Waals surface area contributed by atoms with Crippen molar-refractivity contribution in [2.24, 2.45) is 10.2 Å². The smallest absolute Gasteiger partial charge is 0.346 e. The molecule has 0 saturated heterocycles. The van der Waals surface area contributed by atoms with Gasteiger partial charge in [0.15, 0.2) is 11.6 Å². The highest BCUT2D eigenvalue weighted by atomic mass is 16.3. The summed E-state index contributed by atoms with van der Waals surface area (Å²) in [6.45, 7) is 12.3. The maximum Gasteiger partial charge on any atom is 0.346 e. The van der Waals surface area contributed by atoms with E-state index >= 15 is 0 Å². The quantitative estimate of drug-likeness (QED) is 0.0448. The number of nitrogens with zero attached hydrogens (tertiary/aromatic N) is 6. The lowest BCUT2D eigenvalue weighted by Gasteiger charge is -2.30. The average molecular weight is 717 g/mol. The van der Waals surface area contributed by atoms with Gasteiger partial charge in [-0.25, -0.2) is 0 Å². The zero-order valence-corrected chi connectivity index (χ0v) is 33.6. The van der Waals surface area contributed by atoms with Gasteiger partial charge in [-0.05, 0) is 56.4 Å². The van der Waals surface area contributed by atoms with Gasteiger partial charge < -0.3 is 10.0 Å². The van der Waals surface area contributed by atoms with Crippen molar-refractivity contribution in [3.8, 4) is 0 Å². The molecule has 1 aliphatic carbocycles. The molecule has 1 aliphatic heterocycles. The molecule has 8 heteroatoms. The lowest BCUT2D eigenvalue weighted by molar-refractivity contribution is -0.525. The minimum absolute atomic E-state index is 0.0890. The van der Waals surface area contributed by atoms with E-state index in [9.17, 15) is 9.90 Å². The number of aromatic nitrogens is 2. The Morgan fingerprint density at radius 2 is 1.12 bits per heavy atom. The number of amidine groups is 1. The van der Waals surface area contributed by atoms with Crippen LogP contribution in [0.5, 0.6) is 0 Å². The fourth-order valence-electron chi connectivity index (χ4n) is 7.27. The fraction of sp³-hybridized carbons (Fsp3) is 0.727. The molecule has 2 aliphatic rings. The zero-order chi connectivity index (χ0) is 37.2. The number of hydrogen-bond donors (Lipinski definition) is 0. The van der Waals surface area contributed by atoms with Crippen LogP contribution >= 0.6 is 0 Å². The molecule has 0 aromatic carbocycles. The third kappa shape index (κ3) is 15.1. The van der Waals surface area contributed by atoms with Crippen LogP contribution in [-0.2, 0) is 4.79 Å². The first kappa shape index (κ1) is 43.2. The average Bonchev–Trinajstić information content (AvgIpc) is 3.16. The predicted octanol–water partition coefficient (Wildman–Crippen LogP) is 11.1. The van der Waals surface area contributed by atoms with Gasteiger partial charge >= 0.3 is 5.84 Å². The van der Waals surface area contributed by atoms with Crippen molar-refractivity contribution in [3.05, 3.63) is 47.0 Å². The Labute approximate surface area is 317 Å². The van der Waals surface area contributed by atoms with E-state index < -0.39 is 0 Å². The van der Waals surface area contributed by atoms with Gasteiger partial charge in [-0.2, -0.15) is 0 Å². The predicted molar refractivity (Wildman–Crippen MR) is 216 cm³/mol. The molecule has 52 heavy (non-hydrogen) atoms. The number of ketones is 1. The van der Waals surface area contributed by atoms with Crippen LogP contribution in [-0.4, -0.2) is 52.6 Å². The monoisotopic (exact) mass is 717 g/mol. The molecule has 0 spiro atoms. The van der Waals surface area contributed by atoms with Gasteiger partial charge in [0.1, 0.15) is 5.70 Å². The minimum Gasteiger partial charge on any atom is -0.871 e. The number of azo groups is 1. The Bertz CT molecular complexity index is 1310. The van der Waals surface area contributed by atoms with E-state index in [4.69, 9.17) is 0 Å². The van der Waals surface area contributed by atoms with Crippen LogP contribution in [0.4, 0.5) is 5.82 Å². The zero-order valence-electron chi connectivity index (χ0n) is 33.6. The molecule has 0 fully saturated rings. The summed E-state index contributed by atoms with van der Waals surface area (Å²) in [6, 6.07) is 3.63. The second-order valence-electron chi connectivity index (χ2n) is 14.9. The van der Waals surface area contributed by atoms with Crippen molar-refractivity contribution in [1.29, 1.82) is 0 Å². The summed E-state index contributed by atoms with van der Waals surface area (Å²) in [6.07, 6.45) is 35.5. The number of Topliss-reactive ketones (excluding diaryl/α,β-unsaturated/α-hetero) is 1. The van der Waals surface area contributed by atoms with E-state index in [0.29, 0.717) is 11.4 Å². The van der Waals surface area contributed by atoms with E-state index in [1.807, 2.05) is 12.1 Å². The van der Waals surface area contributed by atoms with Crippen LogP contribution in [0.25, 0.3) is 5.57 Å². The van der Waals surface area contributed by atoms with Crippen molar-refractivity contribution < 1.29 is 14.5 Å².